The molecule has 0 N–H and O–H groups in total. The van der Waals surface area contributed by atoms with Crippen molar-refractivity contribution in [2.75, 3.05) is 13.2 Å². The summed E-state index contributed by atoms with van der Waals surface area (Å²) >= 11 is 0. The molecule has 284 valence electrons. The van der Waals surface area contributed by atoms with Crippen LogP contribution in [0.4, 0.5) is 17.6 Å². The largest absolute Gasteiger partial charge is 0.465 e. The van der Waals surface area contributed by atoms with E-state index >= 15 is 17.6 Å². The highest BCUT2D eigenvalue weighted by molar-refractivity contribution is 5.86. The molecule has 0 fully saturated rings. The number of aryl methyl sites for hydroxylation is 3. The van der Waals surface area contributed by atoms with Gasteiger partial charge in [-0.1, -0.05) is 56.5 Å². The van der Waals surface area contributed by atoms with Crippen molar-refractivity contribution in [1.29, 1.82) is 0 Å². The number of ether oxygens (including phenoxy) is 4. The zero-order valence-electron chi connectivity index (χ0n) is 31.0. The van der Waals surface area contributed by atoms with Crippen molar-refractivity contribution in [2.45, 2.75) is 111 Å². The molecule has 3 aromatic rings. The van der Waals surface area contributed by atoms with Gasteiger partial charge in [-0.3, -0.25) is 4.79 Å². The lowest BCUT2D eigenvalue weighted by Crippen LogP contribution is -2.23. The molecule has 0 aliphatic carbocycles. The highest BCUT2D eigenvalue weighted by Crippen LogP contribution is 2.37. The Morgan fingerprint density at radius 2 is 1.10 bits per heavy atom. The SMILES string of the molecule is C=C(C)C(=O)OCCCCCCc1ccc(C(F)(F)Oc2ccc(OC(F)(F)c3ccc(CCCCCCOC(=O)C(C)(C)C)cc3)c(C)c2)cc1. The van der Waals surface area contributed by atoms with E-state index in [0.29, 0.717) is 25.2 Å². The molecule has 6 nitrogen and oxygen atoms in total. The Morgan fingerprint density at radius 1 is 0.635 bits per heavy atom. The molecule has 0 saturated carbocycles. The van der Waals surface area contributed by atoms with Crippen LogP contribution in [-0.2, 0) is 44.1 Å². The second kappa shape index (κ2) is 19.5. The summed E-state index contributed by atoms with van der Waals surface area (Å²) in [5.74, 6) is -0.956. The fraction of sp³-hybridized carbons (Fsp3) is 0.476. The molecule has 0 spiro atoms. The highest BCUT2D eigenvalue weighted by atomic mass is 19.3. The van der Waals surface area contributed by atoms with Crippen molar-refractivity contribution < 1.29 is 46.1 Å². The van der Waals surface area contributed by atoms with E-state index in [-0.39, 0.29) is 34.2 Å². The van der Waals surface area contributed by atoms with Crippen molar-refractivity contribution in [3.63, 3.8) is 0 Å². The van der Waals surface area contributed by atoms with E-state index in [2.05, 4.69) is 6.58 Å². The van der Waals surface area contributed by atoms with Gasteiger partial charge in [-0.15, -0.1) is 0 Å². The summed E-state index contributed by atoms with van der Waals surface area (Å²) in [5, 5.41) is 0. The number of hydrogen-bond donors (Lipinski definition) is 0. The van der Waals surface area contributed by atoms with Crippen LogP contribution >= 0.6 is 0 Å². The Labute approximate surface area is 305 Å². The molecule has 3 aromatic carbocycles. The Morgan fingerprint density at radius 3 is 1.56 bits per heavy atom. The first-order valence-electron chi connectivity index (χ1n) is 17.9. The molecule has 0 unspecified atom stereocenters. The van der Waals surface area contributed by atoms with E-state index in [1.165, 1.54) is 49.4 Å². The van der Waals surface area contributed by atoms with Gasteiger partial charge in [0, 0.05) is 5.57 Å². The predicted octanol–water partition coefficient (Wildman–Crippen LogP) is 11.2. The van der Waals surface area contributed by atoms with Crippen LogP contribution < -0.4 is 9.47 Å². The van der Waals surface area contributed by atoms with Crippen LogP contribution in [0.2, 0.25) is 0 Å². The number of rotatable bonds is 21. The molecule has 3 rings (SSSR count). The zero-order chi connectivity index (χ0) is 38.4. The van der Waals surface area contributed by atoms with Gasteiger partial charge in [0.15, 0.2) is 0 Å². The lowest BCUT2D eigenvalue weighted by Gasteiger charge is -2.22. The van der Waals surface area contributed by atoms with Crippen LogP contribution in [0.25, 0.3) is 0 Å². The number of benzene rings is 3. The minimum atomic E-state index is -3.65. The second-order valence-electron chi connectivity index (χ2n) is 14.2. The number of hydrogen-bond acceptors (Lipinski definition) is 6. The van der Waals surface area contributed by atoms with Gasteiger partial charge < -0.3 is 18.9 Å². The molecule has 0 aromatic heterocycles. The van der Waals surface area contributed by atoms with E-state index in [1.54, 1.807) is 31.2 Å². The number of esters is 2. The van der Waals surface area contributed by atoms with E-state index < -0.39 is 23.6 Å². The number of carbonyl (C=O) groups excluding carboxylic acids is 2. The Balaban J connectivity index is 1.43. The van der Waals surface area contributed by atoms with Gasteiger partial charge in [0.05, 0.1) is 29.8 Å². The fourth-order valence-corrected chi connectivity index (χ4v) is 5.17. The van der Waals surface area contributed by atoms with Crippen molar-refractivity contribution in [3.8, 4) is 11.5 Å². The fourth-order valence-electron chi connectivity index (χ4n) is 5.17. The van der Waals surface area contributed by atoms with Gasteiger partial charge in [0.1, 0.15) is 11.5 Å². The molecule has 0 heterocycles. The first kappa shape index (κ1) is 42.1. The van der Waals surface area contributed by atoms with Gasteiger partial charge in [-0.05, 0) is 132 Å². The molecular formula is C42H52F4O6. The molecule has 0 amide bonds. The Hall–Kier alpha value is -4.34. The first-order valence-corrected chi connectivity index (χ1v) is 17.9. The maximum atomic E-state index is 15.1. The molecule has 0 aliphatic heterocycles. The molecule has 52 heavy (non-hydrogen) atoms. The van der Waals surface area contributed by atoms with Crippen LogP contribution in [0, 0.1) is 12.3 Å². The molecular weight excluding hydrogens is 676 g/mol. The van der Waals surface area contributed by atoms with Crippen molar-refractivity contribution in [3.05, 3.63) is 107 Å². The van der Waals surface area contributed by atoms with Gasteiger partial charge in [0.2, 0.25) is 0 Å². The lowest BCUT2D eigenvalue weighted by molar-refractivity contribution is -0.188. The first-order chi connectivity index (χ1) is 24.5. The number of halogens is 4. The normalized spacial score (nSPS) is 11.9. The quantitative estimate of drug-likeness (QED) is 0.0471. The topological polar surface area (TPSA) is 71.1 Å². The van der Waals surface area contributed by atoms with Crippen LogP contribution in [-0.4, -0.2) is 25.2 Å². The Kier molecular flexibility index (Phi) is 15.8. The van der Waals surface area contributed by atoms with E-state index in [4.69, 9.17) is 18.9 Å². The van der Waals surface area contributed by atoms with Crippen LogP contribution in [0.1, 0.15) is 107 Å². The standard InChI is InChI=1S/C42H52F4O6/c1-30(2)38(47)49-27-13-9-7-11-15-32-17-21-34(22-18-32)41(43,44)51-36-25-26-37(31(3)29-36)52-42(45,46)35-23-19-33(20-24-35)16-12-8-10-14-28-50-39(48)40(4,5)6/h17-26,29H,1,7-16,27-28H2,2-6H3. The van der Waals surface area contributed by atoms with E-state index in [9.17, 15) is 9.59 Å². The maximum absolute atomic E-state index is 15.1. The molecule has 10 heteroatoms. The summed E-state index contributed by atoms with van der Waals surface area (Å²) in [6.07, 6.45) is 1.00. The van der Waals surface area contributed by atoms with Crippen LogP contribution in [0.15, 0.2) is 78.9 Å². The lowest BCUT2D eigenvalue weighted by atomic mass is 9.97. The van der Waals surface area contributed by atoms with Crippen LogP contribution in [0.5, 0.6) is 11.5 Å². The average molecular weight is 729 g/mol. The maximum Gasteiger partial charge on any atom is 0.426 e. The predicted molar refractivity (Wildman–Crippen MR) is 194 cm³/mol. The molecule has 0 atom stereocenters. The third-order valence-electron chi connectivity index (χ3n) is 8.36. The van der Waals surface area contributed by atoms with Gasteiger partial charge >= 0.3 is 24.2 Å². The summed E-state index contributed by atoms with van der Waals surface area (Å²) in [4.78, 5) is 23.2. The summed E-state index contributed by atoms with van der Waals surface area (Å²) in [7, 11) is 0. The summed E-state index contributed by atoms with van der Waals surface area (Å²) in [6, 6.07) is 15.5. The van der Waals surface area contributed by atoms with Crippen molar-refractivity contribution >= 4 is 11.9 Å². The molecule has 0 radical (unpaired) electrons. The van der Waals surface area contributed by atoms with Gasteiger partial charge in [-0.25, -0.2) is 4.79 Å². The van der Waals surface area contributed by atoms with Crippen molar-refractivity contribution in [2.24, 2.45) is 5.41 Å². The number of carbonyl (C=O) groups is 2. The minimum Gasteiger partial charge on any atom is -0.465 e. The molecule has 0 bridgehead atoms. The number of unbranched alkanes of at least 4 members (excludes halogenated alkanes) is 6. The monoisotopic (exact) mass is 728 g/mol. The summed E-state index contributed by atoms with van der Waals surface area (Å²) < 4.78 is 80.7. The smallest absolute Gasteiger partial charge is 0.426 e. The average Bonchev–Trinajstić information content (AvgIpc) is 3.08. The van der Waals surface area contributed by atoms with Gasteiger partial charge in [0.25, 0.3) is 0 Å². The third kappa shape index (κ3) is 14.0. The highest BCUT2D eigenvalue weighted by Gasteiger charge is 2.36. The molecule has 0 aliphatic rings. The van der Waals surface area contributed by atoms with Crippen molar-refractivity contribution in [1.82, 2.24) is 0 Å². The Bertz CT molecular complexity index is 1590. The van der Waals surface area contributed by atoms with Gasteiger partial charge in [-0.2, -0.15) is 17.6 Å². The second-order valence-corrected chi connectivity index (χ2v) is 14.2. The van der Waals surface area contributed by atoms with E-state index in [1.807, 2.05) is 20.8 Å². The summed E-state index contributed by atoms with van der Waals surface area (Å²) in [5.41, 5.74) is 1.23. The number of alkyl halides is 4. The zero-order valence-corrected chi connectivity index (χ0v) is 31.0. The molecule has 0 saturated heterocycles. The summed E-state index contributed by atoms with van der Waals surface area (Å²) in [6.45, 7) is 12.8. The van der Waals surface area contributed by atoms with E-state index in [0.717, 1.165) is 68.9 Å². The van der Waals surface area contributed by atoms with Crippen LogP contribution in [0.3, 0.4) is 0 Å². The third-order valence-corrected chi connectivity index (χ3v) is 8.36. The minimum absolute atomic E-state index is 0.157.